The molecule has 0 aliphatic rings. The monoisotopic (exact) mass is 400 g/mol. The maximum absolute atomic E-state index is 12.5. The first-order chi connectivity index (χ1) is 13.8. The molecule has 3 aromatic heterocycles. The normalized spacial score (nSPS) is 11.5. The molecule has 12 nitrogen and oxygen atoms in total. The summed E-state index contributed by atoms with van der Waals surface area (Å²) in [4.78, 5) is 51.2. The number of rotatable bonds is 5. The summed E-state index contributed by atoms with van der Waals surface area (Å²) in [6.45, 7) is 0.566. The first-order valence-electron chi connectivity index (χ1n) is 8.68. The van der Waals surface area contributed by atoms with Crippen molar-refractivity contribution in [2.24, 2.45) is 14.1 Å². The van der Waals surface area contributed by atoms with Crippen molar-refractivity contribution >= 4 is 28.0 Å². The SMILES string of the molecule is Cn1c(=O)c2c(ncn2CCCn2c(=O)oc3ccc([N+](=O)[O-])cc32)n(C)c1=O. The largest absolute Gasteiger partial charge is 0.419 e. The van der Waals surface area contributed by atoms with Crippen molar-refractivity contribution in [1.82, 2.24) is 23.3 Å². The molecule has 0 saturated carbocycles. The van der Waals surface area contributed by atoms with Crippen molar-refractivity contribution in [2.75, 3.05) is 0 Å². The minimum atomic E-state index is -0.616. The van der Waals surface area contributed by atoms with Gasteiger partial charge in [0, 0.05) is 39.3 Å². The third-order valence-electron chi connectivity index (χ3n) is 4.86. The number of aryl methyl sites for hydroxylation is 3. The van der Waals surface area contributed by atoms with E-state index in [4.69, 9.17) is 4.42 Å². The van der Waals surface area contributed by atoms with E-state index in [0.717, 1.165) is 4.57 Å². The average molecular weight is 400 g/mol. The molecule has 1 aromatic carbocycles. The molecule has 0 unspecified atom stereocenters. The predicted octanol–water partition coefficient (Wildman–Crippen LogP) is 0.340. The van der Waals surface area contributed by atoms with Crippen LogP contribution in [-0.4, -0.2) is 28.2 Å². The van der Waals surface area contributed by atoms with E-state index in [2.05, 4.69) is 4.98 Å². The van der Waals surface area contributed by atoms with Crippen LogP contribution in [0.25, 0.3) is 22.3 Å². The molecule has 0 amide bonds. The average Bonchev–Trinajstić information content (AvgIpc) is 3.25. The first-order valence-corrected chi connectivity index (χ1v) is 8.68. The van der Waals surface area contributed by atoms with Gasteiger partial charge in [0.2, 0.25) is 0 Å². The van der Waals surface area contributed by atoms with Gasteiger partial charge in [0.15, 0.2) is 16.7 Å². The highest BCUT2D eigenvalue weighted by Crippen LogP contribution is 2.20. The van der Waals surface area contributed by atoms with Crippen LogP contribution in [0.5, 0.6) is 0 Å². The van der Waals surface area contributed by atoms with Gasteiger partial charge in [-0.1, -0.05) is 0 Å². The molecule has 0 spiro atoms. The summed E-state index contributed by atoms with van der Waals surface area (Å²) in [6, 6.07) is 3.95. The van der Waals surface area contributed by atoms with Gasteiger partial charge in [0.1, 0.15) is 0 Å². The maximum Gasteiger partial charge on any atom is 0.419 e. The predicted molar refractivity (Wildman–Crippen MR) is 102 cm³/mol. The van der Waals surface area contributed by atoms with Gasteiger partial charge < -0.3 is 8.98 Å². The lowest BCUT2D eigenvalue weighted by molar-refractivity contribution is -0.384. The minimum Gasteiger partial charge on any atom is -0.408 e. The van der Waals surface area contributed by atoms with Crippen molar-refractivity contribution < 1.29 is 9.34 Å². The highest BCUT2D eigenvalue weighted by atomic mass is 16.6. The number of oxazole rings is 1. The van der Waals surface area contributed by atoms with Gasteiger partial charge in [0.05, 0.1) is 16.8 Å². The van der Waals surface area contributed by atoms with Crippen molar-refractivity contribution in [3.63, 3.8) is 0 Å². The van der Waals surface area contributed by atoms with Gasteiger partial charge in [-0.3, -0.25) is 28.6 Å². The molecule has 3 heterocycles. The second-order valence-corrected chi connectivity index (χ2v) is 6.60. The Morgan fingerprint density at radius 2 is 1.90 bits per heavy atom. The molecule has 4 rings (SSSR count). The summed E-state index contributed by atoms with van der Waals surface area (Å²) in [5.41, 5.74) is 0.0924. The van der Waals surface area contributed by atoms with Gasteiger partial charge in [-0.25, -0.2) is 14.6 Å². The second-order valence-electron chi connectivity index (χ2n) is 6.60. The Hall–Kier alpha value is -3.96. The molecule has 0 atom stereocenters. The third kappa shape index (κ3) is 2.85. The summed E-state index contributed by atoms with van der Waals surface area (Å²) in [5, 5.41) is 11.0. The van der Waals surface area contributed by atoms with E-state index in [1.165, 1.54) is 47.8 Å². The Morgan fingerprint density at radius 3 is 2.62 bits per heavy atom. The number of hydrogen-bond acceptors (Lipinski definition) is 7. The van der Waals surface area contributed by atoms with Crippen LogP contribution in [0.15, 0.2) is 43.3 Å². The number of non-ortho nitro benzene ring substituents is 1. The van der Waals surface area contributed by atoms with E-state index in [1.807, 2.05) is 0 Å². The van der Waals surface area contributed by atoms with Crippen LogP contribution in [0, 0.1) is 10.1 Å². The number of imidazole rings is 1. The quantitative estimate of drug-likeness (QED) is 0.347. The Balaban J connectivity index is 1.65. The number of hydrogen-bond donors (Lipinski definition) is 0. The molecule has 12 heteroatoms. The van der Waals surface area contributed by atoms with E-state index in [0.29, 0.717) is 18.5 Å². The summed E-state index contributed by atoms with van der Waals surface area (Å²) in [6.07, 6.45) is 1.89. The fraction of sp³-hybridized carbons (Fsp3) is 0.294. The number of aromatic nitrogens is 5. The first kappa shape index (κ1) is 18.4. The van der Waals surface area contributed by atoms with E-state index in [1.54, 1.807) is 4.57 Å². The van der Waals surface area contributed by atoms with Gasteiger partial charge in [-0.2, -0.15) is 0 Å². The summed E-state index contributed by atoms with van der Waals surface area (Å²) in [5.74, 6) is -0.616. The Morgan fingerprint density at radius 1 is 1.14 bits per heavy atom. The summed E-state index contributed by atoms with van der Waals surface area (Å²) in [7, 11) is 2.93. The van der Waals surface area contributed by atoms with Crippen LogP contribution in [0.1, 0.15) is 6.42 Å². The number of benzene rings is 1. The van der Waals surface area contributed by atoms with Crippen LogP contribution < -0.4 is 17.0 Å². The van der Waals surface area contributed by atoms with Gasteiger partial charge in [-0.05, 0) is 12.5 Å². The summed E-state index contributed by atoms with van der Waals surface area (Å²) >= 11 is 0. The van der Waals surface area contributed by atoms with Crippen LogP contribution >= 0.6 is 0 Å². The Bertz CT molecular complexity index is 1450. The lowest BCUT2D eigenvalue weighted by Crippen LogP contribution is -2.37. The zero-order chi connectivity index (χ0) is 20.9. The van der Waals surface area contributed by atoms with Gasteiger partial charge in [0.25, 0.3) is 11.2 Å². The van der Waals surface area contributed by atoms with Crippen molar-refractivity contribution in [1.29, 1.82) is 0 Å². The molecule has 29 heavy (non-hydrogen) atoms. The molecule has 4 aromatic rings. The fourth-order valence-corrected chi connectivity index (χ4v) is 3.34. The van der Waals surface area contributed by atoms with E-state index >= 15 is 0 Å². The van der Waals surface area contributed by atoms with E-state index in [-0.39, 0.29) is 29.0 Å². The lowest BCUT2D eigenvalue weighted by Gasteiger charge is -2.07. The molecule has 0 saturated heterocycles. The molecular formula is C17H16N6O6. The third-order valence-corrected chi connectivity index (χ3v) is 4.86. The smallest absolute Gasteiger partial charge is 0.408 e. The molecule has 150 valence electrons. The minimum absolute atomic E-state index is 0.142. The molecule has 0 N–H and O–H groups in total. The number of fused-ring (bicyclic) bond motifs is 2. The number of nitrogens with zero attached hydrogens (tertiary/aromatic N) is 6. The lowest BCUT2D eigenvalue weighted by atomic mass is 10.3. The number of nitro benzene ring substituents is 1. The van der Waals surface area contributed by atoms with Crippen LogP contribution in [0.2, 0.25) is 0 Å². The zero-order valence-electron chi connectivity index (χ0n) is 15.6. The second kappa shape index (κ2) is 6.58. The highest BCUT2D eigenvalue weighted by Gasteiger charge is 2.16. The zero-order valence-corrected chi connectivity index (χ0v) is 15.6. The van der Waals surface area contributed by atoms with Gasteiger partial charge >= 0.3 is 11.4 Å². The molecule has 0 fully saturated rings. The molecule has 0 aliphatic heterocycles. The number of nitro groups is 1. The van der Waals surface area contributed by atoms with Crippen molar-refractivity contribution in [2.45, 2.75) is 19.5 Å². The highest BCUT2D eigenvalue weighted by molar-refractivity contribution is 5.76. The molecule has 0 aliphatic carbocycles. The molecule has 0 bridgehead atoms. The fourth-order valence-electron chi connectivity index (χ4n) is 3.34. The van der Waals surface area contributed by atoms with Gasteiger partial charge in [-0.15, -0.1) is 0 Å². The Kier molecular flexibility index (Phi) is 4.18. The topological polar surface area (TPSA) is 140 Å². The standard InChI is InChI=1S/C17H16N6O6/c1-19-14-13(15(24)20(2)16(19)25)21(9-18-14)6-3-7-22-11-8-10(23(27)28)4-5-12(11)29-17(22)26/h4-5,8-9H,3,6-7H2,1-2H3. The maximum atomic E-state index is 12.5. The van der Waals surface area contributed by atoms with Crippen molar-refractivity contribution in [3.8, 4) is 0 Å². The van der Waals surface area contributed by atoms with Crippen LogP contribution in [0.3, 0.4) is 0 Å². The van der Waals surface area contributed by atoms with E-state index < -0.39 is 21.9 Å². The Labute approximate surface area is 161 Å². The van der Waals surface area contributed by atoms with Crippen LogP contribution in [0.4, 0.5) is 5.69 Å². The van der Waals surface area contributed by atoms with Crippen molar-refractivity contribution in [3.05, 3.63) is 66.0 Å². The van der Waals surface area contributed by atoms with Crippen LogP contribution in [-0.2, 0) is 27.2 Å². The molecular weight excluding hydrogens is 384 g/mol. The molecule has 0 radical (unpaired) electrons. The van der Waals surface area contributed by atoms with E-state index in [9.17, 15) is 24.5 Å². The summed E-state index contributed by atoms with van der Waals surface area (Å²) < 4.78 is 10.4.